The second-order valence-corrected chi connectivity index (χ2v) is 4.31. The SMILES string of the molecule is CCc1nc(NN)cc(N(CCOC)C(C)C)n1. The number of hydrazine groups is 1. The van der Waals surface area contributed by atoms with Gasteiger partial charge in [0.2, 0.25) is 0 Å². The Morgan fingerprint density at radius 3 is 2.67 bits per heavy atom. The first kappa shape index (κ1) is 14.7. The van der Waals surface area contributed by atoms with Gasteiger partial charge in [0.15, 0.2) is 0 Å². The van der Waals surface area contributed by atoms with Crippen molar-refractivity contribution in [1.82, 2.24) is 9.97 Å². The van der Waals surface area contributed by atoms with E-state index in [0.29, 0.717) is 18.5 Å². The Bertz CT molecular complexity index is 347. The van der Waals surface area contributed by atoms with Gasteiger partial charge in [0, 0.05) is 32.2 Å². The lowest BCUT2D eigenvalue weighted by Gasteiger charge is -2.28. The Balaban J connectivity index is 3.02. The van der Waals surface area contributed by atoms with E-state index < -0.39 is 0 Å². The Hall–Kier alpha value is -1.40. The van der Waals surface area contributed by atoms with E-state index in [1.165, 1.54) is 0 Å². The third-order valence-electron chi connectivity index (χ3n) is 2.68. The van der Waals surface area contributed by atoms with Gasteiger partial charge in [-0.3, -0.25) is 0 Å². The summed E-state index contributed by atoms with van der Waals surface area (Å²) in [6.07, 6.45) is 0.777. The molecule has 6 nitrogen and oxygen atoms in total. The standard InChI is InChI=1S/C12H23N5O/c1-5-10-14-11(16-13)8-12(15-10)17(9(2)3)6-7-18-4/h8-9H,5-7,13H2,1-4H3,(H,14,15,16). The summed E-state index contributed by atoms with van der Waals surface area (Å²) in [7, 11) is 1.70. The summed E-state index contributed by atoms with van der Waals surface area (Å²) >= 11 is 0. The van der Waals surface area contributed by atoms with Crippen molar-refractivity contribution in [2.75, 3.05) is 30.6 Å². The summed E-state index contributed by atoms with van der Waals surface area (Å²) in [5.74, 6) is 7.73. The molecule has 1 rings (SSSR count). The first-order chi connectivity index (χ1) is 8.62. The van der Waals surface area contributed by atoms with Gasteiger partial charge in [-0.1, -0.05) is 6.92 Å². The molecule has 0 spiro atoms. The maximum atomic E-state index is 5.44. The second-order valence-electron chi connectivity index (χ2n) is 4.31. The summed E-state index contributed by atoms with van der Waals surface area (Å²) < 4.78 is 5.13. The summed E-state index contributed by atoms with van der Waals surface area (Å²) in [6, 6.07) is 2.19. The van der Waals surface area contributed by atoms with Crippen molar-refractivity contribution in [1.29, 1.82) is 0 Å². The molecule has 0 radical (unpaired) electrons. The lowest BCUT2D eigenvalue weighted by molar-refractivity contribution is 0.203. The van der Waals surface area contributed by atoms with Crippen LogP contribution in [0.4, 0.5) is 11.6 Å². The van der Waals surface area contributed by atoms with Crippen molar-refractivity contribution in [3.05, 3.63) is 11.9 Å². The van der Waals surface area contributed by atoms with Crippen molar-refractivity contribution < 1.29 is 4.74 Å². The minimum Gasteiger partial charge on any atom is -0.383 e. The highest BCUT2D eigenvalue weighted by molar-refractivity contribution is 5.49. The summed E-state index contributed by atoms with van der Waals surface area (Å²) in [5.41, 5.74) is 2.58. The molecule has 0 saturated heterocycles. The fraction of sp³-hybridized carbons (Fsp3) is 0.667. The van der Waals surface area contributed by atoms with Crippen LogP contribution in [0, 0.1) is 0 Å². The predicted octanol–water partition coefficient (Wildman–Crippen LogP) is 1.19. The van der Waals surface area contributed by atoms with E-state index >= 15 is 0 Å². The number of anilines is 2. The Kier molecular flexibility index (Phi) is 5.80. The molecule has 0 aliphatic rings. The number of hydrogen-bond donors (Lipinski definition) is 2. The zero-order chi connectivity index (χ0) is 13.5. The average molecular weight is 253 g/mol. The average Bonchev–Trinajstić information content (AvgIpc) is 2.38. The molecule has 18 heavy (non-hydrogen) atoms. The van der Waals surface area contributed by atoms with Crippen molar-refractivity contribution in [2.24, 2.45) is 5.84 Å². The molecule has 0 saturated carbocycles. The highest BCUT2D eigenvalue weighted by Gasteiger charge is 2.14. The van der Waals surface area contributed by atoms with Crippen LogP contribution in [0.5, 0.6) is 0 Å². The molecule has 1 aromatic rings. The smallest absolute Gasteiger partial charge is 0.145 e. The molecule has 0 bridgehead atoms. The lowest BCUT2D eigenvalue weighted by atomic mass is 10.3. The van der Waals surface area contributed by atoms with Gasteiger partial charge < -0.3 is 15.1 Å². The van der Waals surface area contributed by atoms with Crippen LogP contribution in [0.2, 0.25) is 0 Å². The Morgan fingerprint density at radius 2 is 2.17 bits per heavy atom. The highest BCUT2D eigenvalue weighted by atomic mass is 16.5. The molecule has 6 heteroatoms. The number of methoxy groups -OCH3 is 1. The zero-order valence-corrected chi connectivity index (χ0v) is 11.6. The molecule has 0 amide bonds. The largest absolute Gasteiger partial charge is 0.383 e. The van der Waals surface area contributed by atoms with E-state index in [2.05, 4.69) is 34.1 Å². The van der Waals surface area contributed by atoms with Crippen LogP contribution in [0.15, 0.2) is 6.07 Å². The number of ether oxygens (including phenoxy) is 1. The van der Waals surface area contributed by atoms with Crippen LogP contribution < -0.4 is 16.2 Å². The topological polar surface area (TPSA) is 76.3 Å². The summed E-state index contributed by atoms with van der Waals surface area (Å²) in [6.45, 7) is 7.72. The number of nitrogens with zero attached hydrogens (tertiary/aromatic N) is 3. The first-order valence-electron chi connectivity index (χ1n) is 6.22. The second kappa shape index (κ2) is 7.13. The van der Waals surface area contributed by atoms with Crippen LogP contribution in [0.1, 0.15) is 26.6 Å². The fourth-order valence-corrected chi connectivity index (χ4v) is 1.69. The predicted molar refractivity (Wildman–Crippen MR) is 73.6 cm³/mol. The molecule has 0 fully saturated rings. The van der Waals surface area contributed by atoms with Crippen LogP contribution in [0.3, 0.4) is 0 Å². The normalized spacial score (nSPS) is 10.8. The molecule has 0 aromatic carbocycles. The molecule has 1 heterocycles. The molecule has 3 N–H and O–H groups in total. The number of nitrogens with one attached hydrogen (secondary N) is 1. The van der Waals surface area contributed by atoms with E-state index in [0.717, 1.165) is 24.6 Å². The van der Waals surface area contributed by atoms with Crippen molar-refractivity contribution in [3.63, 3.8) is 0 Å². The lowest BCUT2D eigenvalue weighted by Crippen LogP contribution is -2.35. The van der Waals surface area contributed by atoms with Gasteiger partial charge in [0.05, 0.1) is 6.61 Å². The molecule has 0 aliphatic heterocycles. The molecular weight excluding hydrogens is 230 g/mol. The Labute approximate surface area is 109 Å². The minimum atomic E-state index is 0.338. The molecule has 0 aliphatic carbocycles. The van der Waals surface area contributed by atoms with Crippen LogP contribution in [-0.4, -0.2) is 36.3 Å². The maximum absolute atomic E-state index is 5.44. The van der Waals surface area contributed by atoms with E-state index in [1.807, 2.05) is 13.0 Å². The van der Waals surface area contributed by atoms with E-state index in [1.54, 1.807) is 7.11 Å². The minimum absolute atomic E-state index is 0.338. The monoisotopic (exact) mass is 253 g/mol. The van der Waals surface area contributed by atoms with Crippen LogP contribution >= 0.6 is 0 Å². The highest BCUT2D eigenvalue weighted by Crippen LogP contribution is 2.18. The molecular formula is C12H23N5O. The van der Waals surface area contributed by atoms with Gasteiger partial charge in [-0.05, 0) is 13.8 Å². The van der Waals surface area contributed by atoms with Gasteiger partial charge in [-0.25, -0.2) is 15.8 Å². The third kappa shape index (κ3) is 3.82. The van der Waals surface area contributed by atoms with E-state index in [4.69, 9.17) is 10.6 Å². The Morgan fingerprint density at radius 1 is 1.44 bits per heavy atom. The van der Waals surface area contributed by atoms with Gasteiger partial charge in [0.25, 0.3) is 0 Å². The summed E-state index contributed by atoms with van der Waals surface area (Å²) in [4.78, 5) is 11.0. The van der Waals surface area contributed by atoms with Crippen LogP contribution in [-0.2, 0) is 11.2 Å². The number of nitrogens with two attached hydrogens (primary N) is 1. The van der Waals surface area contributed by atoms with Crippen LogP contribution in [0.25, 0.3) is 0 Å². The van der Waals surface area contributed by atoms with Crippen molar-refractivity contribution in [3.8, 4) is 0 Å². The fourth-order valence-electron chi connectivity index (χ4n) is 1.69. The number of nitrogen functional groups attached to an aromatic ring is 1. The van der Waals surface area contributed by atoms with Gasteiger partial charge >= 0.3 is 0 Å². The van der Waals surface area contributed by atoms with Gasteiger partial charge in [0.1, 0.15) is 17.5 Å². The van der Waals surface area contributed by atoms with Gasteiger partial charge in [-0.15, -0.1) is 0 Å². The zero-order valence-electron chi connectivity index (χ0n) is 11.6. The van der Waals surface area contributed by atoms with Crippen molar-refractivity contribution >= 4 is 11.6 Å². The molecule has 0 atom stereocenters. The molecule has 0 unspecified atom stereocenters. The number of aromatic nitrogens is 2. The maximum Gasteiger partial charge on any atom is 0.145 e. The molecule has 102 valence electrons. The number of rotatable bonds is 7. The number of hydrogen-bond acceptors (Lipinski definition) is 6. The summed E-state index contributed by atoms with van der Waals surface area (Å²) in [5, 5.41) is 0. The van der Waals surface area contributed by atoms with E-state index in [9.17, 15) is 0 Å². The molecule has 1 aromatic heterocycles. The van der Waals surface area contributed by atoms with Crippen molar-refractivity contribution in [2.45, 2.75) is 33.2 Å². The first-order valence-corrected chi connectivity index (χ1v) is 6.22. The third-order valence-corrected chi connectivity index (χ3v) is 2.68. The van der Waals surface area contributed by atoms with E-state index in [-0.39, 0.29) is 0 Å². The van der Waals surface area contributed by atoms with Gasteiger partial charge in [-0.2, -0.15) is 0 Å². The number of aryl methyl sites for hydroxylation is 1. The quantitative estimate of drug-likeness (QED) is 0.561.